The Morgan fingerprint density at radius 2 is 1.91 bits per heavy atom. The van der Waals surface area contributed by atoms with Crippen molar-refractivity contribution >= 4 is 5.91 Å². The summed E-state index contributed by atoms with van der Waals surface area (Å²) >= 11 is 0. The summed E-state index contributed by atoms with van der Waals surface area (Å²) in [7, 11) is 0. The van der Waals surface area contributed by atoms with Crippen molar-refractivity contribution in [2.24, 2.45) is 0 Å². The molecule has 2 aromatic rings. The molecule has 1 amide bonds. The summed E-state index contributed by atoms with van der Waals surface area (Å²) in [4.78, 5) is 16.4. The van der Waals surface area contributed by atoms with Crippen molar-refractivity contribution < 1.29 is 13.6 Å². The SMILES string of the molecule is O=C(NC1CCCC(F)C1)c1cncc(-c2ccc(F)cc2)c1. The molecular weight excluding hydrogens is 298 g/mol. The average molecular weight is 316 g/mol. The molecule has 0 radical (unpaired) electrons. The van der Waals surface area contributed by atoms with E-state index in [1.807, 2.05) is 0 Å². The molecular formula is C18H18F2N2O. The first kappa shape index (κ1) is 15.6. The molecule has 2 atom stereocenters. The predicted octanol–water partition coefficient (Wildman–Crippen LogP) is 3.90. The van der Waals surface area contributed by atoms with E-state index in [0.717, 1.165) is 24.0 Å². The molecule has 1 aliphatic rings. The lowest BCUT2D eigenvalue weighted by Crippen LogP contribution is -2.38. The van der Waals surface area contributed by atoms with Gasteiger partial charge in [0.25, 0.3) is 5.91 Å². The van der Waals surface area contributed by atoms with Gasteiger partial charge in [0.1, 0.15) is 12.0 Å². The second kappa shape index (κ2) is 6.86. The van der Waals surface area contributed by atoms with Crippen LogP contribution in [0.15, 0.2) is 42.7 Å². The van der Waals surface area contributed by atoms with Crippen molar-refractivity contribution in [3.63, 3.8) is 0 Å². The Bertz CT molecular complexity index is 688. The zero-order valence-electron chi connectivity index (χ0n) is 12.6. The highest BCUT2D eigenvalue weighted by molar-refractivity contribution is 5.95. The van der Waals surface area contributed by atoms with Gasteiger partial charge in [-0.25, -0.2) is 8.78 Å². The third kappa shape index (κ3) is 3.92. The highest BCUT2D eigenvalue weighted by Crippen LogP contribution is 2.22. The number of alkyl halides is 1. The van der Waals surface area contributed by atoms with Crippen LogP contribution in [0.5, 0.6) is 0 Å². The van der Waals surface area contributed by atoms with Crippen LogP contribution in [0.25, 0.3) is 11.1 Å². The average Bonchev–Trinajstić information content (AvgIpc) is 2.56. The number of benzene rings is 1. The Morgan fingerprint density at radius 3 is 2.65 bits per heavy atom. The molecule has 0 saturated heterocycles. The lowest BCUT2D eigenvalue weighted by Gasteiger charge is -2.25. The molecule has 1 aromatic carbocycles. The number of amides is 1. The maximum Gasteiger partial charge on any atom is 0.253 e. The van der Waals surface area contributed by atoms with Crippen molar-refractivity contribution in [1.82, 2.24) is 10.3 Å². The van der Waals surface area contributed by atoms with Crippen LogP contribution in [0.2, 0.25) is 0 Å². The number of aromatic nitrogens is 1. The fourth-order valence-electron chi connectivity index (χ4n) is 2.89. The zero-order chi connectivity index (χ0) is 16.2. The highest BCUT2D eigenvalue weighted by atomic mass is 19.1. The summed E-state index contributed by atoms with van der Waals surface area (Å²) in [6, 6.07) is 7.61. The Kier molecular flexibility index (Phi) is 4.65. The monoisotopic (exact) mass is 316 g/mol. The van der Waals surface area contributed by atoms with Crippen LogP contribution < -0.4 is 5.32 Å². The van der Waals surface area contributed by atoms with Gasteiger partial charge in [-0.2, -0.15) is 0 Å². The fraction of sp³-hybridized carbons (Fsp3) is 0.333. The third-order valence-electron chi connectivity index (χ3n) is 4.12. The van der Waals surface area contributed by atoms with Crippen LogP contribution in [0, 0.1) is 5.82 Å². The predicted molar refractivity (Wildman–Crippen MR) is 84.2 cm³/mol. The molecule has 3 nitrogen and oxygen atoms in total. The number of hydrogen-bond donors (Lipinski definition) is 1. The van der Waals surface area contributed by atoms with Gasteiger partial charge in [-0.05, 0) is 49.4 Å². The van der Waals surface area contributed by atoms with E-state index in [1.165, 1.54) is 18.3 Å². The summed E-state index contributed by atoms with van der Waals surface area (Å²) in [6.45, 7) is 0. The molecule has 5 heteroatoms. The first-order valence-corrected chi connectivity index (χ1v) is 7.78. The van der Waals surface area contributed by atoms with Crippen molar-refractivity contribution in [1.29, 1.82) is 0 Å². The summed E-state index contributed by atoms with van der Waals surface area (Å²) in [5.74, 6) is -0.561. The van der Waals surface area contributed by atoms with Gasteiger partial charge in [-0.15, -0.1) is 0 Å². The fourth-order valence-corrected chi connectivity index (χ4v) is 2.89. The largest absolute Gasteiger partial charge is 0.349 e. The number of carbonyl (C=O) groups excluding carboxylic acids is 1. The Morgan fingerprint density at radius 1 is 1.13 bits per heavy atom. The van der Waals surface area contributed by atoms with E-state index in [-0.39, 0.29) is 17.8 Å². The van der Waals surface area contributed by atoms with E-state index >= 15 is 0 Å². The molecule has 1 N–H and O–H groups in total. The number of nitrogens with zero attached hydrogens (tertiary/aromatic N) is 1. The molecule has 1 heterocycles. The van der Waals surface area contributed by atoms with Crippen LogP contribution in [-0.2, 0) is 0 Å². The van der Waals surface area contributed by atoms with E-state index in [0.29, 0.717) is 18.4 Å². The van der Waals surface area contributed by atoms with Gasteiger partial charge in [0, 0.05) is 24.0 Å². The van der Waals surface area contributed by atoms with E-state index in [4.69, 9.17) is 0 Å². The van der Waals surface area contributed by atoms with Crippen molar-refractivity contribution in [3.8, 4) is 11.1 Å². The molecule has 1 aliphatic carbocycles. The number of nitrogens with one attached hydrogen (secondary N) is 1. The molecule has 2 unspecified atom stereocenters. The minimum Gasteiger partial charge on any atom is -0.349 e. The topological polar surface area (TPSA) is 42.0 Å². The molecule has 1 aromatic heterocycles. The van der Waals surface area contributed by atoms with E-state index in [1.54, 1.807) is 24.4 Å². The van der Waals surface area contributed by atoms with Crippen molar-refractivity contribution in [2.45, 2.75) is 37.9 Å². The number of halogens is 2. The maximum absolute atomic E-state index is 13.4. The van der Waals surface area contributed by atoms with Crippen LogP contribution in [0.3, 0.4) is 0 Å². The molecule has 23 heavy (non-hydrogen) atoms. The Hall–Kier alpha value is -2.30. The quantitative estimate of drug-likeness (QED) is 0.933. The van der Waals surface area contributed by atoms with Crippen LogP contribution in [0.1, 0.15) is 36.0 Å². The Balaban J connectivity index is 1.73. The summed E-state index contributed by atoms with van der Waals surface area (Å²) in [5, 5.41) is 2.87. The molecule has 1 saturated carbocycles. The minimum absolute atomic E-state index is 0.124. The lowest BCUT2D eigenvalue weighted by molar-refractivity contribution is 0.0912. The summed E-state index contributed by atoms with van der Waals surface area (Å²) in [6.07, 6.45) is 4.82. The van der Waals surface area contributed by atoms with Gasteiger partial charge >= 0.3 is 0 Å². The standard InChI is InChI=1S/C18H18F2N2O/c19-15-6-4-12(5-7-15)13-8-14(11-21-10-13)18(23)22-17-3-1-2-16(20)9-17/h4-8,10-11,16-17H,1-3,9H2,(H,22,23). The normalized spacial score (nSPS) is 21.0. The van der Waals surface area contributed by atoms with Gasteiger partial charge < -0.3 is 5.32 Å². The number of carbonyl (C=O) groups is 1. The smallest absolute Gasteiger partial charge is 0.253 e. The molecule has 0 aliphatic heterocycles. The van der Waals surface area contributed by atoms with Gasteiger partial charge in [0.2, 0.25) is 0 Å². The van der Waals surface area contributed by atoms with Gasteiger partial charge in [-0.3, -0.25) is 9.78 Å². The molecule has 1 fully saturated rings. The zero-order valence-corrected chi connectivity index (χ0v) is 12.6. The highest BCUT2D eigenvalue weighted by Gasteiger charge is 2.23. The summed E-state index contributed by atoms with van der Waals surface area (Å²) < 4.78 is 26.4. The number of hydrogen-bond acceptors (Lipinski definition) is 2. The van der Waals surface area contributed by atoms with Crippen LogP contribution in [-0.4, -0.2) is 23.1 Å². The molecule has 0 spiro atoms. The minimum atomic E-state index is -0.835. The maximum atomic E-state index is 13.4. The van der Waals surface area contributed by atoms with Gasteiger partial charge in [-0.1, -0.05) is 12.1 Å². The molecule has 3 rings (SSSR count). The number of pyridine rings is 1. The number of rotatable bonds is 3. The van der Waals surface area contributed by atoms with Gasteiger partial charge in [0.15, 0.2) is 0 Å². The second-order valence-corrected chi connectivity index (χ2v) is 5.90. The van der Waals surface area contributed by atoms with Gasteiger partial charge in [0.05, 0.1) is 5.56 Å². The Labute approximate surface area is 133 Å². The first-order chi connectivity index (χ1) is 11.1. The first-order valence-electron chi connectivity index (χ1n) is 7.78. The second-order valence-electron chi connectivity index (χ2n) is 5.90. The summed E-state index contributed by atoms with van der Waals surface area (Å²) in [5.41, 5.74) is 1.95. The lowest BCUT2D eigenvalue weighted by atomic mass is 9.93. The van der Waals surface area contributed by atoms with E-state index in [2.05, 4.69) is 10.3 Å². The van der Waals surface area contributed by atoms with Crippen LogP contribution in [0.4, 0.5) is 8.78 Å². The molecule has 120 valence electrons. The van der Waals surface area contributed by atoms with Crippen molar-refractivity contribution in [2.75, 3.05) is 0 Å². The molecule has 0 bridgehead atoms. The third-order valence-corrected chi connectivity index (χ3v) is 4.12. The van der Waals surface area contributed by atoms with E-state index < -0.39 is 6.17 Å². The van der Waals surface area contributed by atoms with E-state index in [9.17, 15) is 13.6 Å². The van der Waals surface area contributed by atoms with Crippen molar-refractivity contribution in [3.05, 3.63) is 54.1 Å². The van der Waals surface area contributed by atoms with Crippen LogP contribution >= 0.6 is 0 Å².